The Morgan fingerprint density at radius 3 is 2.64 bits per heavy atom. The van der Waals surface area contributed by atoms with Gasteiger partial charge in [0.05, 0.1) is 4.91 Å². The van der Waals surface area contributed by atoms with Crippen LogP contribution in [0.15, 0.2) is 57.9 Å². The zero-order valence-electron chi connectivity index (χ0n) is 12.5. The fourth-order valence-electron chi connectivity index (χ4n) is 2.07. The van der Waals surface area contributed by atoms with Gasteiger partial charge in [-0.25, -0.2) is 0 Å². The number of halogens is 2. The molecule has 4 nitrogen and oxygen atoms in total. The molecule has 8 heteroatoms. The molecule has 0 bridgehead atoms. The molecule has 0 radical (unpaired) electrons. The molecule has 25 heavy (non-hydrogen) atoms. The van der Waals surface area contributed by atoms with Crippen molar-refractivity contribution in [2.45, 2.75) is 0 Å². The average molecular weight is 454 g/mol. The van der Waals surface area contributed by atoms with Crippen LogP contribution in [0.5, 0.6) is 0 Å². The van der Waals surface area contributed by atoms with Crippen LogP contribution in [-0.2, 0) is 4.79 Å². The summed E-state index contributed by atoms with van der Waals surface area (Å²) in [4.78, 5) is 25.3. The zero-order valence-corrected chi connectivity index (χ0v) is 16.5. The van der Waals surface area contributed by atoms with Gasteiger partial charge in [0.2, 0.25) is 0 Å². The van der Waals surface area contributed by atoms with Gasteiger partial charge in [-0.3, -0.25) is 15.0 Å². The highest BCUT2D eigenvalue weighted by atomic mass is 79.9. The van der Waals surface area contributed by atoms with Crippen LogP contribution in [0, 0.1) is 0 Å². The monoisotopic (exact) mass is 452 g/mol. The molecular weight excluding hydrogens is 444 g/mol. The minimum Gasteiger partial charge on any atom is -0.267 e. The molecule has 1 N–H and O–H groups in total. The molecule has 1 saturated heterocycles. The maximum Gasteiger partial charge on any atom is 0.285 e. The van der Waals surface area contributed by atoms with Crippen molar-refractivity contribution in [1.29, 1.82) is 0 Å². The summed E-state index contributed by atoms with van der Waals surface area (Å²) in [6, 6.07) is 14.0. The van der Waals surface area contributed by atoms with Gasteiger partial charge in [0.25, 0.3) is 11.8 Å². The van der Waals surface area contributed by atoms with Crippen LogP contribution in [0.1, 0.15) is 15.9 Å². The number of amides is 2. The molecule has 126 valence electrons. The summed E-state index contributed by atoms with van der Waals surface area (Å²) in [5, 5.41) is 1.52. The van der Waals surface area contributed by atoms with E-state index >= 15 is 0 Å². The molecule has 0 aromatic heterocycles. The topological polar surface area (TPSA) is 49.4 Å². The number of carbonyl (C=O) groups is 2. The molecule has 0 atom stereocenters. The molecule has 2 amide bonds. The molecule has 0 aliphatic carbocycles. The standard InChI is InChI=1S/C17H10BrClN2O2S2/c18-12-6-4-10(5-7-12)8-14-16(23)21(17(24)25-14)20-15(22)11-2-1-3-13(19)9-11/h1-9H,(H,20,22). The summed E-state index contributed by atoms with van der Waals surface area (Å²) >= 11 is 15.6. The van der Waals surface area contributed by atoms with E-state index in [0.717, 1.165) is 26.8 Å². The van der Waals surface area contributed by atoms with E-state index < -0.39 is 5.91 Å². The van der Waals surface area contributed by atoms with E-state index in [4.69, 9.17) is 23.8 Å². The number of carbonyl (C=O) groups excluding carboxylic acids is 2. The number of thiocarbonyl (C=S) groups is 1. The predicted molar refractivity (Wildman–Crippen MR) is 108 cm³/mol. The third kappa shape index (κ3) is 4.30. The first-order chi connectivity index (χ1) is 11.9. The van der Waals surface area contributed by atoms with E-state index in [1.165, 1.54) is 6.07 Å². The van der Waals surface area contributed by atoms with E-state index in [9.17, 15) is 9.59 Å². The van der Waals surface area contributed by atoms with Crippen molar-refractivity contribution >= 4 is 73.7 Å². The summed E-state index contributed by atoms with van der Waals surface area (Å²) in [6.07, 6.45) is 1.73. The molecule has 1 fully saturated rings. The molecule has 1 aliphatic heterocycles. The van der Waals surface area contributed by atoms with E-state index in [1.54, 1.807) is 24.3 Å². The lowest BCUT2D eigenvalue weighted by Crippen LogP contribution is -2.44. The van der Waals surface area contributed by atoms with Crippen LogP contribution >= 0.6 is 51.5 Å². The third-order valence-corrected chi connectivity index (χ3v) is 5.33. The van der Waals surface area contributed by atoms with Crippen molar-refractivity contribution in [3.8, 4) is 0 Å². The summed E-state index contributed by atoms with van der Waals surface area (Å²) in [5.74, 6) is -0.822. The van der Waals surface area contributed by atoms with Gasteiger partial charge in [-0.15, -0.1) is 0 Å². The van der Waals surface area contributed by atoms with Gasteiger partial charge in [0.1, 0.15) is 0 Å². The first kappa shape index (κ1) is 18.1. The first-order valence-electron chi connectivity index (χ1n) is 7.04. The first-order valence-corrected chi connectivity index (χ1v) is 9.44. The Bertz CT molecular complexity index is 900. The maximum atomic E-state index is 12.5. The Morgan fingerprint density at radius 2 is 1.96 bits per heavy atom. The van der Waals surface area contributed by atoms with Gasteiger partial charge >= 0.3 is 0 Å². The van der Waals surface area contributed by atoms with Gasteiger partial charge in [0, 0.05) is 15.1 Å². The van der Waals surface area contributed by atoms with Crippen LogP contribution in [0.2, 0.25) is 5.02 Å². The third-order valence-electron chi connectivity index (χ3n) is 3.26. The highest BCUT2D eigenvalue weighted by molar-refractivity contribution is 9.10. The second kappa shape index (κ2) is 7.70. The SMILES string of the molecule is O=C(NN1C(=O)C(=Cc2ccc(Br)cc2)SC1=S)c1cccc(Cl)c1. The largest absolute Gasteiger partial charge is 0.285 e. The van der Waals surface area contributed by atoms with E-state index in [0.29, 0.717) is 15.5 Å². The van der Waals surface area contributed by atoms with Gasteiger partial charge in [-0.2, -0.15) is 5.01 Å². The van der Waals surface area contributed by atoms with Crippen LogP contribution in [0.3, 0.4) is 0 Å². The van der Waals surface area contributed by atoms with Crippen molar-refractivity contribution in [2.24, 2.45) is 0 Å². The number of hydrogen-bond acceptors (Lipinski definition) is 4. The minimum atomic E-state index is -0.455. The normalized spacial score (nSPS) is 15.8. The molecule has 2 aromatic rings. The molecule has 1 heterocycles. The Morgan fingerprint density at radius 1 is 1.24 bits per heavy atom. The lowest BCUT2D eigenvalue weighted by atomic mass is 10.2. The predicted octanol–water partition coefficient (Wildman–Crippen LogP) is 4.65. The highest BCUT2D eigenvalue weighted by Gasteiger charge is 2.33. The second-order valence-electron chi connectivity index (χ2n) is 5.02. The summed E-state index contributed by atoms with van der Waals surface area (Å²) < 4.78 is 1.22. The number of hydrogen-bond donors (Lipinski definition) is 1. The Balaban J connectivity index is 1.77. The number of nitrogens with one attached hydrogen (secondary N) is 1. The Kier molecular flexibility index (Phi) is 5.58. The summed E-state index contributed by atoms with van der Waals surface area (Å²) in [6.45, 7) is 0. The second-order valence-corrected chi connectivity index (χ2v) is 8.05. The maximum absolute atomic E-state index is 12.5. The average Bonchev–Trinajstić information content (AvgIpc) is 2.84. The number of benzene rings is 2. The molecule has 0 saturated carbocycles. The van der Waals surface area contributed by atoms with Crippen LogP contribution in [-0.4, -0.2) is 21.1 Å². The van der Waals surface area contributed by atoms with Crippen LogP contribution in [0.4, 0.5) is 0 Å². The van der Waals surface area contributed by atoms with E-state index in [2.05, 4.69) is 21.4 Å². The zero-order chi connectivity index (χ0) is 18.0. The van der Waals surface area contributed by atoms with Crippen molar-refractivity contribution in [2.75, 3.05) is 0 Å². The van der Waals surface area contributed by atoms with Gasteiger partial charge < -0.3 is 0 Å². The summed E-state index contributed by atoms with van der Waals surface area (Å²) in [7, 11) is 0. The Hall–Kier alpha value is -1.67. The number of rotatable bonds is 3. The van der Waals surface area contributed by atoms with Crippen molar-refractivity contribution in [1.82, 2.24) is 10.4 Å². The quantitative estimate of drug-likeness (QED) is 0.543. The van der Waals surface area contributed by atoms with Gasteiger partial charge in [-0.05, 0) is 54.2 Å². The fourth-order valence-corrected chi connectivity index (χ4v) is 3.70. The molecule has 1 aliphatic rings. The summed E-state index contributed by atoms with van der Waals surface area (Å²) in [5.41, 5.74) is 3.73. The van der Waals surface area contributed by atoms with Crippen molar-refractivity contribution in [3.05, 3.63) is 74.1 Å². The fraction of sp³-hybridized carbons (Fsp3) is 0. The molecule has 0 spiro atoms. The van der Waals surface area contributed by atoms with Crippen LogP contribution in [0.25, 0.3) is 6.08 Å². The lowest BCUT2D eigenvalue weighted by Gasteiger charge is -2.15. The molecule has 3 rings (SSSR count). The minimum absolute atomic E-state index is 0.267. The number of hydrazine groups is 1. The van der Waals surface area contributed by atoms with Gasteiger partial charge in [0.15, 0.2) is 4.32 Å². The molecular formula is C17H10BrClN2O2S2. The molecule has 0 unspecified atom stereocenters. The number of nitrogens with zero attached hydrogens (tertiary/aromatic N) is 1. The smallest absolute Gasteiger partial charge is 0.267 e. The lowest BCUT2D eigenvalue weighted by molar-refractivity contribution is -0.123. The Labute approximate surface area is 167 Å². The van der Waals surface area contributed by atoms with Gasteiger partial charge in [-0.1, -0.05) is 57.5 Å². The number of thioether (sulfide) groups is 1. The van der Waals surface area contributed by atoms with E-state index in [-0.39, 0.29) is 10.2 Å². The van der Waals surface area contributed by atoms with Crippen molar-refractivity contribution in [3.63, 3.8) is 0 Å². The highest BCUT2D eigenvalue weighted by Crippen LogP contribution is 2.31. The molecule has 2 aromatic carbocycles. The van der Waals surface area contributed by atoms with Crippen LogP contribution < -0.4 is 5.43 Å². The van der Waals surface area contributed by atoms with E-state index in [1.807, 2.05) is 24.3 Å². The van der Waals surface area contributed by atoms with Crippen molar-refractivity contribution < 1.29 is 9.59 Å².